The average molecular weight is 501 g/mol. The number of guanidine groups is 1. The molecule has 0 radical (unpaired) electrons. The van der Waals surface area contributed by atoms with Crippen molar-refractivity contribution in [3.63, 3.8) is 0 Å². The van der Waals surface area contributed by atoms with Crippen molar-refractivity contribution < 1.29 is 4.79 Å². The molecule has 1 saturated heterocycles. The molecule has 0 aliphatic carbocycles. The molecule has 2 N–H and O–H groups in total. The van der Waals surface area contributed by atoms with Crippen molar-refractivity contribution in [1.82, 2.24) is 20.4 Å². The van der Waals surface area contributed by atoms with Crippen LogP contribution in [-0.4, -0.2) is 75.5 Å². The van der Waals surface area contributed by atoms with Crippen molar-refractivity contribution in [1.29, 1.82) is 0 Å². The Morgan fingerprint density at radius 3 is 2.43 bits per heavy atom. The summed E-state index contributed by atoms with van der Waals surface area (Å²) in [6.07, 6.45) is 3.71. The zero-order chi connectivity index (χ0) is 19.6. The normalized spacial score (nSPS) is 16.5. The summed E-state index contributed by atoms with van der Waals surface area (Å²) in [4.78, 5) is 20.6. The molecule has 1 atom stereocenters. The molecule has 0 aromatic heterocycles. The number of aliphatic imine (C=N–C) groups is 1. The summed E-state index contributed by atoms with van der Waals surface area (Å²) >= 11 is 0. The molecule has 0 spiro atoms. The third-order valence-electron chi connectivity index (χ3n) is 5.42. The maximum absolute atomic E-state index is 11.6. The highest BCUT2D eigenvalue weighted by molar-refractivity contribution is 14.0. The molecule has 158 valence electrons. The Balaban J connectivity index is 0.00000392. The number of benzene rings is 1. The van der Waals surface area contributed by atoms with Gasteiger partial charge in [-0.05, 0) is 44.8 Å². The minimum Gasteiger partial charge on any atom is -0.359 e. The molecule has 1 heterocycles. The Morgan fingerprint density at radius 1 is 1.25 bits per heavy atom. The van der Waals surface area contributed by atoms with E-state index in [0.29, 0.717) is 18.4 Å². The van der Waals surface area contributed by atoms with Crippen LogP contribution in [0.3, 0.4) is 0 Å². The first-order chi connectivity index (χ1) is 13.0. The van der Waals surface area contributed by atoms with Gasteiger partial charge in [-0.2, -0.15) is 0 Å². The Bertz CT molecular complexity index is 600. The van der Waals surface area contributed by atoms with Crippen molar-refractivity contribution in [2.45, 2.75) is 31.7 Å². The molecule has 1 aliphatic heterocycles. The molecule has 1 amide bonds. The van der Waals surface area contributed by atoms with Gasteiger partial charge in [-0.25, -0.2) is 0 Å². The van der Waals surface area contributed by atoms with E-state index in [2.05, 4.69) is 69.9 Å². The summed E-state index contributed by atoms with van der Waals surface area (Å²) in [7, 11) is 7.81. The van der Waals surface area contributed by atoms with E-state index in [1.807, 2.05) is 7.05 Å². The predicted octanol–water partition coefficient (Wildman–Crippen LogP) is 2.20. The standard InChI is InChI=1S/C21H35N5O.HI/c1-22-20(27)15-18-10-12-26(13-11-18)21(23-2)24-16-19(25(3)4)14-17-8-6-5-7-9-17;/h5-9,18-19H,10-16H2,1-4H3,(H,22,27)(H,23,24);1H. The number of likely N-dealkylation sites (tertiary alicyclic amines) is 1. The molecular formula is C21H36IN5O. The molecule has 1 aliphatic rings. The van der Waals surface area contributed by atoms with E-state index in [1.54, 1.807) is 7.05 Å². The smallest absolute Gasteiger partial charge is 0.220 e. The average Bonchev–Trinajstić information content (AvgIpc) is 2.69. The summed E-state index contributed by atoms with van der Waals surface area (Å²) in [6, 6.07) is 11.0. The number of carbonyl (C=O) groups excluding carboxylic acids is 1. The fraction of sp³-hybridized carbons (Fsp3) is 0.619. The molecular weight excluding hydrogens is 465 g/mol. The molecule has 28 heavy (non-hydrogen) atoms. The fourth-order valence-electron chi connectivity index (χ4n) is 3.58. The van der Waals surface area contributed by atoms with Crippen LogP contribution in [0.15, 0.2) is 35.3 Å². The highest BCUT2D eigenvalue weighted by Gasteiger charge is 2.23. The second-order valence-electron chi connectivity index (χ2n) is 7.54. The number of likely N-dealkylation sites (N-methyl/N-ethyl adjacent to an activating group) is 1. The summed E-state index contributed by atoms with van der Waals surface area (Å²) < 4.78 is 0. The monoisotopic (exact) mass is 501 g/mol. The van der Waals surface area contributed by atoms with Gasteiger partial charge in [0.15, 0.2) is 5.96 Å². The molecule has 1 fully saturated rings. The quantitative estimate of drug-likeness (QED) is 0.342. The van der Waals surface area contributed by atoms with Crippen LogP contribution >= 0.6 is 24.0 Å². The molecule has 2 rings (SSSR count). The number of hydrogen-bond acceptors (Lipinski definition) is 3. The van der Waals surface area contributed by atoms with E-state index in [9.17, 15) is 4.79 Å². The third kappa shape index (κ3) is 7.95. The zero-order valence-electron chi connectivity index (χ0n) is 17.6. The molecule has 1 aromatic rings. The van der Waals surface area contributed by atoms with Gasteiger partial charge in [-0.3, -0.25) is 9.79 Å². The van der Waals surface area contributed by atoms with Crippen molar-refractivity contribution >= 4 is 35.8 Å². The van der Waals surface area contributed by atoms with Gasteiger partial charge in [0.1, 0.15) is 0 Å². The number of rotatable bonds is 7. The van der Waals surface area contributed by atoms with E-state index < -0.39 is 0 Å². The van der Waals surface area contributed by atoms with Crippen molar-refractivity contribution in [3.05, 3.63) is 35.9 Å². The van der Waals surface area contributed by atoms with Gasteiger partial charge in [0, 0.05) is 46.2 Å². The Labute approximate surface area is 187 Å². The Morgan fingerprint density at radius 2 is 1.89 bits per heavy atom. The second-order valence-corrected chi connectivity index (χ2v) is 7.54. The van der Waals surface area contributed by atoms with Gasteiger partial charge < -0.3 is 20.4 Å². The van der Waals surface area contributed by atoms with Gasteiger partial charge >= 0.3 is 0 Å². The lowest BCUT2D eigenvalue weighted by molar-refractivity contribution is -0.121. The topological polar surface area (TPSA) is 60.0 Å². The molecule has 1 aromatic carbocycles. The van der Waals surface area contributed by atoms with E-state index in [0.717, 1.165) is 44.9 Å². The zero-order valence-corrected chi connectivity index (χ0v) is 20.0. The van der Waals surface area contributed by atoms with Crippen molar-refractivity contribution in [2.75, 3.05) is 47.8 Å². The summed E-state index contributed by atoms with van der Waals surface area (Å²) in [5.74, 6) is 1.59. The van der Waals surface area contributed by atoms with Crippen LogP contribution in [0.2, 0.25) is 0 Å². The van der Waals surface area contributed by atoms with Gasteiger partial charge in [0.25, 0.3) is 0 Å². The number of nitrogens with zero attached hydrogens (tertiary/aromatic N) is 3. The maximum atomic E-state index is 11.6. The Hall–Kier alpha value is -1.35. The van der Waals surface area contributed by atoms with Crippen LogP contribution in [-0.2, 0) is 11.2 Å². The summed E-state index contributed by atoms with van der Waals surface area (Å²) in [5.41, 5.74) is 1.35. The molecule has 6 nitrogen and oxygen atoms in total. The minimum absolute atomic E-state index is 0. The fourth-order valence-corrected chi connectivity index (χ4v) is 3.58. The number of hydrogen-bond donors (Lipinski definition) is 2. The van der Waals surface area contributed by atoms with E-state index >= 15 is 0 Å². The van der Waals surface area contributed by atoms with Crippen LogP contribution in [0.25, 0.3) is 0 Å². The van der Waals surface area contributed by atoms with Crippen molar-refractivity contribution in [2.24, 2.45) is 10.9 Å². The van der Waals surface area contributed by atoms with Crippen LogP contribution < -0.4 is 10.6 Å². The van der Waals surface area contributed by atoms with Crippen LogP contribution in [0.5, 0.6) is 0 Å². The number of halogens is 1. The van der Waals surface area contributed by atoms with Crippen molar-refractivity contribution in [3.8, 4) is 0 Å². The van der Waals surface area contributed by atoms with E-state index in [1.165, 1.54) is 5.56 Å². The van der Waals surface area contributed by atoms with Gasteiger partial charge in [-0.15, -0.1) is 24.0 Å². The third-order valence-corrected chi connectivity index (χ3v) is 5.42. The predicted molar refractivity (Wildman–Crippen MR) is 127 cm³/mol. The number of nitrogens with one attached hydrogen (secondary N) is 2. The molecule has 0 saturated carbocycles. The first-order valence-corrected chi connectivity index (χ1v) is 9.90. The number of carbonyl (C=O) groups is 1. The van der Waals surface area contributed by atoms with E-state index in [4.69, 9.17) is 0 Å². The molecule has 7 heteroatoms. The lowest BCUT2D eigenvalue weighted by atomic mass is 9.93. The molecule has 1 unspecified atom stereocenters. The van der Waals surface area contributed by atoms with Crippen LogP contribution in [0.1, 0.15) is 24.8 Å². The molecule has 0 bridgehead atoms. The highest BCUT2D eigenvalue weighted by atomic mass is 127. The number of amides is 1. The van der Waals surface area contributed by atoms with Crippen LogP contribution in [0, 0.1) is 5.92 Å². The number of piperidine rings is 1. The van der Waals surface area contributed by atoms with Crippen LogP contribution in [0.4, 0.5) is 0 Å². The van der Waals surface area contributed by atoms with E-state index in [-0.39, 0.29) is 29.9 Å². The SMILES string of the molecule is CN=C(NCC(Cc1ccccc1)N(C)C)N1CCC(CC(=O)NC)CC1.I. The lowest BCUT2D eigenvalue weighted by Gasteiger charge is -2.35. The van der Waals surface area contributed by atoms with Gasteiger partial charge in [-0.1, -0.05) is 30.3 Å². The largest absolute Gasteiger partial charge is 0.359 e. The summed E-state index contributed by atoms with van der Waals surface area (Å²) in [5, 5.41) is 6.29. The first kappa shape index (κ1) is 24.7. The highest BCUT2D eigenvalue weighted by Crippen LogP contribution is 2.20. The minimum atomic E-state index is 0. The maximum Gasteiger partial charge on any atom is 0.220 e. The second kappa shape index (κ2) is 13.0. The summed E-state index contributed by atoms with van der Waals surface area (Å²) in [6.45, 7) is 2.76. The first-order valence-electron chi connectivity index (χ1n) is 9.90. The van der Waals surface area contributed by atoms with Gasteiger partial charge in [0.2, 0.25) is 5.91 Å². The Kier molecular flexibility index (Phi) is 11.4. The van der Waals surface area contributed by atoms with Gasteiger partial charge in [0.05, 0.1) is 0 Å². The lowest BCUT2D eigenvalue weighted by Crippen LogP contribution is -2.50.